The molecule has 0 radical (unpaired) electrons. The second-order valence-corrected chi connectivity index (χ2v) is 4.98. The summed E-state index contributed by atoms with van der Waals surface area (Å²) in [5.74, 6) is 1.46. The number of nitrogens with one attached hydrogen (secondary N) is 1. The van der Waals surface area contributed by atoms with E-state index in [2.05, 4.69) is 22.2 Å². The van der Waals surface area contributed by atoms with Crippen LogP contribution in [0.15, 0.2) is 11.4 Å². The Bertz CT molecular complexity index is 499. The minimum atomic E-state index is 0.211. The predicted molar refractivity (Wildman–Crippen MR) is 71.2 cm³/mol. The monoisotopic (exact) mass is 252 g/mol. The van der Waals surface area contributed by atoms with Gasteiger partial charge >= 0.3 is 0 Å². The van der Waals surface area contributed by atoms with Crippen molar-refractivity contribution >= 4 is 33.3 Å². The zero-order valence-electron chi connectivity index (χ0n) is 9.68. The fourth-order valence-corrected chi connectivity index (χ4v) is 2.39. The second-order valence-electron chi connectivity index (χ2n) is 4.06. The molecule has 2 aromatic heterocycles. The molecule has 2 rings (SSSR count). The Hall–Kier alpha value is -1.40. The van der Waals surface area contributed by atoms with Gasteiger partial charge < -0.3 is 16.2 Å². The van der Waals surface area contributed by atoms with Gasteiger partial charge in [-0.15, -0.1) is 11.3 Å². The van der Waals surface area contributed by atoms with Crippen molar-refractivity contribution in [1.82, 2.24) is 9.97 Å². The highest BCUT2D eigenvalue weighted by atomic mass is 32.1. The number of nitrogen functional groups attached to an aromatic ring is 1. The first kappa shape index (κ1) is 12.1. The summed E-state index contributed by atoms with van der Waals surface area (Å²) in [6.07, 6.45) is 0.779. The minimum absolute atomic E-state index is 0.211. The molecule has 0 amide bonds. The maximum absolute atomic E-state index is 8.85. The highest BCUT2D eigenvalue weighted by molar-refractivity contribution is 7.17. The van der Waals surface area contributed by atoms with Gasteiger partial charge in [0.2, 0.25) is 5.95 Å². The third kappa shape index (κ3) is 2.83. The summed E-state index contributed by atoms with van der Waals surface area (Å²) < 4.78 is 1.02. The van der Waals surface area contributed by atoms with Crippen molar-refractivity contribution in [3.63, 3.8) is 0 Å². The average Bonchev–Trinajstić information content (AvgIpc) is 2.74. The van der Waals surface area contributed by atoms with E-state index in [1.54, 1.807) is 11.3 Å². The highest BCUT2D eigenvalue weighted by Gasteiger charge is 2.08. The lowest BCUT2D eigenvalue weighted by molar-refractivity contribution is 0.266. The largest absolute Gasteiger partial charge is 0.396 e. The maximum atomic E-state index is 8.85. The lowest BCUT2D eigenvalue weighted by atomic mass is 10.1. The molecule has 92 valence electrons. The van der Waals surface area contributed by atoms with Crippen LogP contribution in [0.5, 0.6) is 0 Å². The van der Waals surface area contributed by atoms with Crippen LogP contribution in [-0.4, -0.2) is 28.2 Å². The Balaban J connectivity index is 2.14. The van der Waals surface area contributed by atoms with Crippen molar-refractivity contribution < 1.29 is 5.11 Å². The van der Waals surface area contributed by atoms with Gasteiger partial charge in [0.05, 0.1) is 10.2 Å². The third-order valence-corrected chi connectivity index (χ3v) is 3.47. The summed E-state index contributed by atoms with van der Waals surface area (Å²) in [7, 11) is 0. The summed E-state index contributed by atoms with van der Waals surface area (Å²) in [5.41, 5.74) is 6.53. The fraction of sp³-hybridized carbons (Fsp3) is 0.455. The number of hydrogen-bond acceptors (Lipinski definition) is 6. The van der Waals surface area contributed by atoms with Gasteiger partial charge in [-0.25, -0.2) is 4.98 Å². The molecule has 0 aliphatic carbocycles. The van der Waals surface area contributed by atoms with E-state index < -0.39 is 0 Å². The summed E-state index contributed by atoms with van der Waals surface area (Å²) in [6, 6.07) is 1.93. The van der Waals surface area contributed by atoms with Crippen LogP contribution in [0.1, 0.15) is 13.3 Å². The molecule has 2 aromatic rings. The minimum Gasteiger partial charge on any atom is -0.396 e. The van der Waals surface area contributed by atoms with Gasteiger partial charge in [0.15, 0.2) is 0 Å². The summed E-state index contributed by atoms with van der Waals surface area (Å²) in [4.78, 5) is 8.37. The number of hydrogen-bond donors (Lipinski definition) is 3. The Morgan fingerprint density at radius 3 is 3.12 bits per heavy atom. The predicted octanol–water partition coefficient (Wildman–Crippen LogP) is 1.70. The van der Waals surface area contributed by atoms with E-state index in [1.165, 1.54) is 0 Å². The van der Waals surface area contributed by atoms with Crippen molar-refractivity contribution in [2.24, 2.45) is 5.92 Å². The molecular weight excluding hydrogens is 236 g/mol. The van der Waals surface area contributed by atoms with Crippen LogP contribution in [0.2, 0.25) is 0 Å². The number of anilines is 2. The Kier molecular flexibility index (Phi) is 3.75. The van der Waals surface area contributed by atoms with Gasteiger partial charge in [-0.05, 0) is 23.8 Å². The van der Waals surface area contributed by atoms with Gasteiger partial charge in [0.1, 0.15) is 5.82 Å². The van der Waals surface area contributed by atoms with Crippen molar-refractivity contribution in [2.75, 3.05) is 24.2 Å². The number of fused-ring (bicyclic) bond motifs is 1. The standard InChI is InChI=1S/C11H16N4OS/c1-7(2-4-16)6-13-10-9-8(3-5-17-9)14-11(12)15-10/h3,5,7,16H,2,4,6H2,1H3,(H3,12,13,14,15). The molecule has 0 aliphatic rings. The highest BCUT2D eigenvalue weighted by Crippen LogP contribution is 2.26. The molecule has 5 nitrogen and oxygen atoms in total. The van der Waals surface area contributed by atoms with E-state index in [4.69, 9.17) is 10.8 Å². The van der Waals surface area contributed by atoms with Gasteiger partial charge in [-0.1, -0.05) is 6.92 Å². The maximum Gasteiger partial charge on any atom is 0.222 e. The number of aliphatic hydroxyl groups excluding tert-OH is 1. The van der Waals surface area contributed by atoms with Gasteiger partial charge in [-0.3, -0.25) is 0 Å². The average molecular weight is 252 g/mol. The topological polar surface area (TPSA) is 84.1 Å². The van der Waals surface area contributed by atoms with E-state index in [1.807, 2.05) is 11.4 Å². The summed E-state index contributed by atoms with van der Waals surface area (Å²) in [5, 5.41) is 14.1. The molecule has 0 saturated carbocycles. The van der Waals surface area contributed by atoms with E-state index in [-0.39, 0.29) is 12.6 Å². The molecule has 6 heteroatoms. The summed E-state index contributed by atoms with van der Waals surface area (Å²) >= 11 is 1.60. The summed E-state index contributed by atoms with van der Waals surface area (Å²) in [6.45, 7) is 3.06. The van der Waals surface area contributed by atoms with Crippen molar-refractivity contribution in [1.29, 1.82) is 0 Å². The van der Waals surface area contributed by atoms with Crippen LogP contribution in [0.3, 0.4) is 0 Å². The fourth-order valence-electron chi connectivity index (χ4n) is 1.59. The molecule has 1 atom stereocenters. The molecule has 0 aromatic carbocycles. The molecule has 0 bridgehead atoms. The number of nitrogens with two attached hydrogens (primary N) is 1. The number of aromatic nitrogens is 2. The third-order valence-electron chi connectivity index (χ3n) is 2.56. The van der Waals surface area contributed by atoms with Crippen LogP contribution in [-0.2, 0) is 0 Å². The van der Waals surface area contributed by atoms with Gasteiger partial charge in [0, 0.05) is 13.2 Å². The molecule has 17 heavy (non-hydrogen) atoms. The smallest absolute Gasteiger partial charge is 0.222 e. The first-order valence-corrected chi connectivity index (χ1v) is 6.44. The molecule has 0 fully saturated rings. The second kappa shape index (κ2) is 5.29. The van der Waals surface area contributed by atoms with E-state index in [9.17, 15) is 0 Å². The number of thiophene rings is 1. The normalized spacial score (nSPS) is 12.8. The molecule has 0 spiro atoms. The molecule has 2 heterocycles. The van der Waals surface area contributed by atoms with Crippen LogP contribution in [0, 0.1) is 5.92 Å². The lowest BCUT2D eigenvalue weighted by Crippen LogP contribution is -2.14. The SMILES string of the molecule is CC(CCO)CNc1nc(N)nc2ccsc12. The van der Waals surface area contributed by atoms with E-state index in [0.717, 1.165) is 29.0 Å². The Morgan fingerprint density at radius 1 is 1.53 bits per heavy atom. The van der Waals surface area contributed by atoms with E-state index >= 15 is 0 Å². The molecular formula is C11H16N4OS. The Morgan fingerprint density at radius 2 is 2.35 bits per heavy atom. The molecule has 0 aliphatic heterocycles. The van der Waals surface area contributed by atoms with Gasteiger partial charge in [0.25, 0.3) is 0 Å². The molecule has 1 unspecified atom stereocenters. The number of nitrogens with zero attached hydrogens (tertiary/aromatic N) is 2. The van der Waals surface area contributed by atoms with Gasteiger partial charge in [-0.2, -0.15) is 4.98 Å². The molecule has 0 saturated heterocycles. The number of rotatable bonds is 5. The Labute approximate surface area is 104 Å². The first-order valence-electron chi connectivity index (χ1n) is 5.56. The molecule has 4 N–H and O–H groups in total. The van der Waals surface area contributed by atoms with Crippen LogP contribution in [0.25, 0.3) is 10.2 Å². The van der Waals surface area contributed by atoms with Crippen LogP contribution in [0.4, 0.5) is 11.8 Å². The van der Waals surface area contributed by atoms with Crippen molar-refractivity contribution in [2.45, 2.75) is 13.3 Å². The zero-order valence-corrected chi connectivity index (χ0v) is 10.5. The van der Waals surface area contributed by atoms with Crippen LogP contribution < -0.4 is 11.1 Å². The van der Waals surface area contributed by atoms with Crippen LogP contribution >= 0.6 is 11.3 Å². The lowest BCUT2D eigenvalue weighted by Gasteiger charge is -2.12. The van der Waals surface area contributed by atoms with Crippen molar-refractivity contribution in [3.8, 4) is 0 Å². The van der Waals surface area contributed by atoms with E-state index in [0.29, 0.717) is 5.92 Å². The number of aliphatic hydroxyl groups is 1. The van der Waals surface area contributed by atoms with Crippen molar-refractivity contribution in [3.05, 3.63) is 11.4 Å². The zero-order chi connectivity index (χ0) is 12.3. The quantitative estimate of drug-likeness (QED) is 0.754. The first-order chi connectivity index (χ1) is 8.20.